The molecule has 0 radical (unpaired) electrons. The molecule has 0 bridgehead atoms. The fraction of sp³-hybridized carbons (Fsp3) is 0.304. The molecule has 1 saturated heterocycles. The maximum Gasteiger partial charge on any atom is 0.295 e. The fourth-order valence-electron chi connectivity index (χ4n) is 3.96. The standard InChI is InChI=1S/C23H22FNO5/c1-29-12-10-25-20(14-4-7-17(24)8-5-14)19(22(27)23(25)28)21(26)16-6-9-18-15(13-16)3-2-11-30-18/h4-9,13,20,26H,2-3,10-12H2,1H3/b21-19-. The van der Waals surface area contributed by atoms with Crippen molar-refractivity contribution >= 4 is 17.4 Å². The van der Waals surface area contributed by atoms with Crippen LogP contribution in [0.4, 0.5) is 4.39 Å². The van der Waals surface area contributed by atoms with Gasteiger partial charge < -0.3 is 19.5 Å². The number of aliphatic hydroxyl groups excluding tert-OH is 1. The number of nitrogens with zero attached hydrogens (tertiary/aromatic N) is 1. The highest BCUT2D eigenvalue weighted by Gasteiger charge is 2.45. The number of halogens is 1. The summed E-state index contributed by atoms with van der Waals surface area (Å²) < 4.78 is 24.2. The topological polar surface area (TPSA) is 76.1 Å². The zero-order chi connectivity index (χ0) is 21.3. The summed E-state index contributed by atoms with van der Waals surface area (Å²) in [7, 11) is 1.50. The molecule has 1 fully saturated rings. The average Bonchev–Trinajstić information content (AvgIpc) is 3.02. The Kier molecular flexibility index (Phi) is 5.55. The van der Waals surface area contributed by atoms with Gasteiger partial charge in [-0.05, 0) is 54.3 Å². The van der Waals surface area contributed by atoms with E-state index in [1.54, 1.807) is 18.2 Å². The van der Waals surface area contributed by atoms with Crippen LogP contribution in [-0.4, -0.2) is 48.6 Å². The van der Waals surface area contributed by atoms with Crippen LogP contribution < -0.4 is 4.74 Å². The minimum Gasteiger partial charge on any atom is -0.507 e. The Hall–Kier alpha value is -3.19. The van der Waals surface area contributed by atoms with E-state index >= 15 is 0 Å². The molecule has 2 aliphatic rings. The molecule has 2 heterocycles. The lowest BCUT2D eigenvalue weighted by atomic mass is 9.94. The molecule has 2 aromatic carbocycles. The Morgan fingerprint density at radius 3 is 2.73 bits per heavy atom. The SMILES string of the molecule is COCCN1C(=O)C(=O)/C(=C(\O)c2ccc3c(c2)CCCO3)C1c1ccc(F)cc1. The van der Waals surface area contributed by atoms with E-state index in [4.69, 9.17) is 9.47 Å². The van der Waals surface area contributed by atoms with E-state index in [0.29, 0.717) is 17.7 Å². The van der Waals surface area contributed by atoms with E-state index in [0.717, 1.165) is 24.2 Å². The summed E-state index contributed by atoms with van der Waals surface area (Å²) >= 11 is 0. The van der Waals surface area contributed by atoms with Gasteiger partial charge in [0.15, 0.2) is 0 Å². The summed E-state index contributed by atoms with van der Waals surface area (Å²) in [6.07, 6.45) is 1.67. The number of aryl methyl sites for hydroxylation is 1. The monoisotopic (exact) mass is 411 g/mol. The number of aliphatic hydroxyl groups is 1. The van der Waals surface area contributed by atoms with Crippen molar-refractivity contribution in [2.45, 2.75) is 18.9 Å². The van der Waals surface area contributed by atoms with Crippen molar-refractivity contribution < 1.29 is 28.6 Å². The molecule has 1 amide bonds. The van der Waals surface area contributed by atoms with Crippen molar-refractivity contribution in [2.24, 2.45) is 0 Å². The van der Waals surface area contributed by atoms with Gasteiger partial charge in [-0.3, -0.25) is 9.59 Å². The number of fused-ring (bicyclic) bond motifs is 1. The van der Waals surface area contributed by atoms with Crippen LogP contribution in [0.2, 0.25) is 0 Å². The van der Waals surface area contributed by atoms with Gasteiger partial charge in [0, 0.05) is 19.2 Å². The summed E-state index contributed by atoms with van der Waals surface area (Å²) in [6.45, 7) is 1.03. The minimum atomic E-state index is -0.826. The average molecular weight is 411 g/mol. The largest absolute Gasteiger partial charge is 0.507 e. The third-order valence-corrected chi connectivity index (χ3v) is 5.44. The van der Waals surface area contributed by atoms with Gasteiger partial charge in [-0.25, -0.2) is 4.39 Å². The molecule has 0 aromatic heterocycles. The Morgan fingerprint density at radius 1 is 1.23 bits per heavy atom. The first-order chi connectivity index (χ1) is 14.5. The van der Waals surface area contributed by atoms with Crippen LogP contribution in [-0.2, 0) is 20.7 Å². The maximum absolute atomic E-state index is 13.5. The van der Waals surface area contributed by atoms with Crippen molar-refractivity contribution in [3.8, 4) is 5.75 Å². The van der Waals surface area contributed by atoms with Gasteiger partial charge in [-0.15, -0.1) is 0 Å². The van der Waals surface area contributed by atoms with E-state index in [1.165, 1.54) is 36.3 Å². The first-order valence-electron chi connectivity index (χ1n) is 9.80. The number of hydrogen-bond acceptors (Lipinski definition) is 5. The lowest BCUT2D eigenvalue weighted by molar-refractivity contribution is -0.140. The van der Waals surface area contributed by atoms with Crippen molar-refractivity contribution in [1.29, 1.82) is 0 Å². The molecular weight excluding hydrogens is 389 g/mol. The second-order valence-electron chi connectivity index (χ2n) is 7.31. The number of likely N-dealkylation sites (tertiary alicyclic amines) is 1. The number of carbonyl (C=O) groups is 2. The molecule has 0 spiro atoms. The normalized spacial score (nSPS) is 20.2. The van der Waals surface area contributed by atoms with Gasteiger partial charge in [-0.2, -0.15) is 0 Å². The molecule has 1 atom stereocenters. The van der Waals surface area contributed by atoms with Crippen molar-refractivity contribution in [3.63, 3.8) is 0 Å². The first-order valence-corrected chi connectivity index (χ1v) is 9.80. The summed E-state index contributed by atoms with van der Waals surface area (Å²) in [4.78, 5) is 27.0. The van der Waals surface area contributed by atoms with Crippen molar-refractivity contribution in [3.05, 3.63) is 70.5 Å². The molecule has 0 saturated carbocycles. The van der Waals surface area contributed by atoms with Crippen LogP contribution in [0, 0.1) is 5.82 Å². The smallest absolute Gasteiger partial charge is 0.295 e. The summed E-state index contributed by atoms with van der Waals surface area (Å²) in [6, 6.07) is 9.95. The lowest BCUT2D eigenvalue weighted by Gasteiger charge is -2.25. The summed E-state index contributed by atoms with van der Waals surface area (Å²) in [5.74, 6) is -1.41. The zero-order valence-corrected chi connectivity index (χ0v) is 16.6. The molecule has 6 nitrogen and oxygen atoms in total. The molecular formula is C23H22FNO5. The molecule has 0 aliphatic carbocycles. The number of benzene rings is 2. The molecule has 4 rings (SSSR count). The van der Waals surface area contributed by atoms with Crippen molar-refractivity contribution in [1.82, 2.24) is 4.90 Å². The molecule has 156 valence electrons. The van der Waals surface area contributed by atoms with Gasteiger partial charge >= 0.3 is 0 Å². The molecule has 7 heteroatoms. The zero-order valence-electron chi connectivity index (χ0n) is 16.6. The second kappa shape index (κ2) is 8.28. The molecule has 1 unspecified atom stereocenters. The highest BCUT2D eigenvalue weighted by atomic mass is 19.1. The number of methoxy groups -OCH3 is 1. The molecule has 2 aliphatic heterocycles. The first kappa shape index (κ1) is 20.1. The number of amides is 1. The van der Waals surface area contributed by atoms with Gasteiger partial charge in [0.1, 0.15) is 17.3 Å². The van der Waals surface area contributed by atoms with E-state index in [2.05, 4.69) is 0 Å². The summed E-state index contributed by atoms with van der Waals surface area (Å²) in [5.41, 5.74) is 1.90. The van der Waals surface area contributed by atoms with Gasteiger partial charge in [0.2, 0.25) is 0 Å². The van der Waals surface area contributed by atoms with Gasteiger partial charge in [-0.1, -0.05) is 12.1 Å². The van der Waals surface area contributed by atoms with E-state index in [9.17, 15) is 19.1 Å². The molecule has 1 N–H and O–H groups in total. The predicted octanol–water partition coefficient (Wildman–Crippen LogP) is 3.22. The lowest BCUT2D eigenvalue weighted by Crippen LogP contribution is -2.32. The van der Waals surface area contributed by atoms with Crippen LogP contribution in [0.3, 0.4) is 0 Å². The van der Waals surface area contributed by atoms with E-state index in [-0.39, 0.29) is 24.5 Å². The predicted molar refractivity (Wildman–Crippen MR) is 108 cm³/mol. The van der Waals surface area contributed by atoms with Crippen LogP contribution in [0.1, 0.15) is 29.2 Å². The highest BCUT2D eigenvalue weighted by molar-refractivity contribution is 6.46. The van der Waals surface area contributed by atoms with E-state index < -0.39 is 23.5 Å². The number of rotatable bonds is 5. The van der Waals surface area contributed by atoms with Crippen LogP contribution >= 0.6 is 0 Å². The highest BCUT2D eigenvalue weighted by Crippen LogP contribution is 2.40. The maximum atomic E-state index is 13.5. The number of carbonyl (C=O) groups excluding carboxylic acids is 2. The Morgan fingerprint density at radius 2 is 2.00 bits per heavy atom. The van der Waals surface area contributed by atoms with Crippen LogP contribution in [0.15, 0.2) is 48.0 Å². The Balaban J connectivity index is 1.82. The second-order valence-corrected chi connectivity index (χ2v) is 7.31. The summed E-state index contributed by atoms with van der Waals surface area (Å²) in [5, 5.41) is 11.1. The number of Topliss-reactive ketones (excluding diaryl/α,β-unsaturated/α-hetero) is 1. The van der Waals surface area contributed by atoms with Crippen molar-refractivity contribution in [2.75, 3.05) is 26.9 Å². The third-order valence-electron chi connectivity index (χ3n) is 5.44. The van der Waals surface area contributed by atoms with Gasteiger partial charge in [0.25, 0.3) is 11.7 Å². The molecule has 30 heavy (non-hydrogen) atoms. The quantitative estimate of drug-likeness (QED) is 0.465. The Labute approximate surface area is 173 Å². The third kappa shape index (κ3) is 3.57. The Bertz CT molecular complexity index is 1010. The van der Waals surface area contributed by atoms with Crippen LogP contribution in [0.25, 0.3) is 5.76 Å². The number of hydrogen-bond donors (Lipinski definition) is 1. The fourth-order valence-corrected chi connectivity index (χ4v) is 3.96. The van der Waals surface area contributed by atoms with E-state index in [1.807, 2.05) is 0 Å². The number of ether oxygens (including phenoxy) is 2. The minimum absolute atomic E-state index is 0.0145. The van der Waals surface area contributed by atoms with Crippen LogP contribution in [0.5, 0.6) is 5.75 Å². The number of ketones is 1. The molecule has 2 aromatic rings. The van der Waals surface area contributed by atoms with Gasteiger partial charge in [0.05, 0.1) is 24.8 Å².